The van der Waals surface area contributed by atoms with Crippen molar-refractivity contribution in [1.29, 1.82) is 0 Å². The largest absolute Gasteiger partial charge is 0.468 e. The molecule has 0 aliphatic rings. The fourth-order valence-corrected chi connectivity index (χ4v) is 2.82. The lowest BCUT2D eigenvalue weighted by Crippen LogP contribution is -2.33. The molecule has 1 aromatic carbocycles. The van der Waals surface area contributed by atoms with Gasteiger partial charge in [0, 0.05) is 5.56 Å². The second-order valence-electron chi connectivity index (χ2n) is 6.90. The Morgan fingerprint density at radius 1 is 1.03 bits per heavy atom. The van der Waals surface area contributed by atoms with Crippen LogP contribution < -0.4 is 10.6 Å². The monoisotopic (exact) mass is 473 g/mol. The van der Waals surface area contributed by atoms with Crippen LogP contribution in [0.15, 0.2) is 24.3 Å². The fourth-order valence-electron chi connectivity index (χ4n) is 2.82. The van der Waals surface area contributed by atoms with Gasteiger partial charge < -0.3 is 15.4 Å². The molecule has 2 amide bonds. The number of nitrogens with one attached hydrogen (secondary N) is 2. The molecule has 0 aliphatic heterocycles. The summed E-state index contributed by atoms with van der Waals surface area (Å²) in [6.07, 6.45) is -2.76. The predicted molar refractivity (Wildman–Crippen MR) is 108 cm³/mol. The summed E-state index contributed by atoms with van der Waals surface area (Å²) >= 11 is 0. The smallest absolute Gasteiger partial charge is 0.405 e. The maximum Gasteiger partial charge on any atom is 0.405 e. The van der Waals surface area contributed by atoms with Gasteiger partial charge in [0.2, 0.25) is 0 Å². The predicted octanol–water partition coefficient (Wildman–Crippen LogP) is 2.14. The summed E-state index contributed by atoms with van der Waals surface area (Å²) in [6, 6.07) is 5.51. The highest BCUT2D eigenvalue weighted by Gasteiger charge is 2.28. The van der Waals surface area contributed by atoms with Gasteiger partial charge in [-0.15, -0.1) is 5.10 Å². The van der Waals surface area contributed by atoms with Gasteiger partial charge in [-0.2, -0.15) is 13.2 Å². The number of ether oxygens (including phenoxy) is 1. The lowest BCUT2D eigenvalue weighted by atomic mass is 10.1. The van der Waals surface area contributed by atoms with Gasteiger partial charge in [-0.25, -0.2) is 4.68 Å². The van der Waals surface area contributed by atoms with Crippen LogP contribution in [-0.2, 0) is 16.0 Å². The van der Waals surface area contributed by atoms with Crippen molar-refractivity contribution in [3.05, 3.63) is 41.2 Å². The summed E-state index contributed by atoms with van der Waals surface area (Å²) in [4.78, 5) is 35.6. The first-order valence-electron chi connectivity index (χ1n) is 9.97. The molecule has 2 N–H and O–H groups in total. The van der Waals surface area contributed by atoms with E-state index in [4.69, 9.17) is 0 Å². The zero-order valence-corrected chi connectivity index (χ0v) is 17.7. The molecule has 0 bridgehead atoms. The number of esters is 1. The van der Waals surface area contributed by atoms with Gasteiger partial charge in [0.1, 0.15) is 13.1 Å². The van der Waals surface area contributed by atoms with Crippen LogP contribution in [0.25, 0.3) is 5.69 Å². The van der Waals surface area contributed by atoms with E-state index >= 15 is 0 Å². The highest BCUT2D eigenvalue weighted by molar-refractivity contribution is 5.95. The Morgan fingerprint density at radius 3 is 2.33 bits per heavy atom. The third-order valence-corrected chi connectivity index (χ3v) is 4.47. The molecule has 0 atom stereocenters. The number of rotatable bonds is 11. The van der Waals surface area contributed by atoms with Gasteiger partial charge >= 0.3 is 12.1 Å². The molecule has 9 nitrogen and oxygen atoms in total. The number of aromatic nitrogens is 3. The van der Waals surface area contributed by atoms with Crippen LogP contribution in [0.1, 0.15) is 45.8 Å². The van der Waals surface area contributed by atoms with Gasteiger partial charge in [-0.1, -0.05) is 11.6 Å². The molecule has 0 unspecified atom stereocenters. The first kappa shape index (κ1) is 25.7. The number of halogens is 4. The molecule has 0 radical (unpaired) electrons. The van der Waals surface area contributed by atoms with Crippen molar-refractivity contribution >= 4 is 17.8 Å². The SMILES string of the molecule is COC(=O)CNC(=O)c1nnn(-c2ccc(C(=O)NCC(F)(F)F)cc2)c1CCCCCF. The van der Waals surface area contributed by atoms with Gasteiger partial charge in [-0.3, -0.25) is 18.8 Å². The summed E-state index contributed by atoms with van der Waals surface area (Å²) < 4.78 is 55.1. The van der Waals surface area contributed by atoms with Gasteiger partial charge in [-0.05, 0) is 43.5 Å². The molecule has 0 aliphatic carbocycles. The zero-order valence-electron chi connectivity index (χ0n) is 17.7. The molecular formula is C20H23F4N5O4. The number of amides is 2. The lowest BCUT2D eigenvalue weighted by Gasteiger charge is -2.10. The van der Waals surface area contributed by atoms with E-state index in [1.165, 1.54) is 36.1 Å². The first-order chi connectivity index (χ1) is 15.7. The van der Waals surface area contributed by atoms with Gasteiger partial charge in [0.15, 0.2) is 5.69 Å². The van der Waals surface area contributed by atoms with E-state index < -0.39 is 37.2 Å². The first-order valence-corrected chi connectivity index (χ1v) is 9.97. The topological polar surface area (TPSA) is 115 Å². The van der Waals surface area contributed by atoms with Crippen LogP contribution in [0.2, 0.25) is 0 Å². The van der Waals surface area contributed by atoms with Crippen molar-refractivity contribution in [2.24, 2.45) is 0 Å². The number of carbonyl (C=O) groups excluding carboxylic acids is 3. The molecule has 0 fully saturated rings. The number of alkyl halides is 4. The van der Waals surface area contributed by atoms with Crippen molar-refractivity contribution in [3.8, 4) is 5.69 Å². The van der Waals surface area contributed by atoms with E-state index in [2.05, 4.69) is 20.4 Å². The number of hydrogen-bond acceptors (Lipinski definition) is 6. The van der Waals surface area contributed by atoms with Crippen LogP contribution in [0.5, 0.6) is 0 Å². The number of nitrogens with zero attached hydrogens (tertiary/aromatic N) is 3. The quantitative estimate of drug-likeness (QED) is 0.294. The summed E-state index contributed by atoms with van der Waals surface area (Å²) in [5, 5.41) is 12.0. The van der Waals surface area contributed by atoms with Crippen molar-refractivity contribution < 1.29 is 36.7 Å². The zero-order chi connectivity index (χ0) is 24.4. The summed E-state index contributed by atoms with van der Waals surface area (Å²) in [7, 11) is 1.17. The Morgan fingerprint density at radius 2 is 1.73 bits per heavy atom. The molecule has 0 saturated carbocycles. The van der Waals surface area contributed by atoms with Gasteiger partial charge in [0.25, 0.3) is 11.8 Å². The number of methoxy groups -OCH3 is 1. The van der Waals surface area contributed by atoms with Crippen molar-refractivity contribution in [1.82, 2.24) is 25.6 Å². The van der Waals surface area contributed by atoms with E-state index in [9.17, 15) is 31.9 Å². The normalized spacial score (nSPS) is 11.2. The molecule has 1 aromatic heterocycles. The number of benzene rings is 1. The minimum absolute atomic E-state index is 0.00338. The van der Waals surface area contributed by atoms with Crippen LogP contribution in [0.4, 0.5) is 17.6 Å². The van der Waals surface area contributed by atoms with Crippen molar-refractivity contribution in [2.75, 3.05) is 26.9 Å². The van der Waals surface area contributed by atoms with Crippen molar-refractivity contribution in [2.45, 2.75) is 31.9 Å². The van der Waals surface area contributed by atoms with Crippen LogP contribution >= 0.6 is 0 Å². The Bertz CT molecular complexity index is 960. The minimum atomic E-state index is -4.53. The lowest BCUT2D eigenvalue weighted by molar-refractivity contribution is -0.139. The minimum Gasteiger partial charge on any atom is -0.468 e. The summed E-state index contributed by atoms with van der Waals surface area (Å²) in [5.74, 6) is -2.21. The molecule has 1 heterocycles. The van der Waals surface area contributed by atoms with Gasteiger partial charge in [0.05, 0.1) is 25.2 Å². The van der Waals surface area contributed by atoms with Crippen LogP contribution in [-0.4, -0.2) is 65.8 Å². The van der Waals surface area contributed by atoms with E-state index in [0.29, 0.717) is 37.1 Å². The maximum absolute atomic E-state index is 12.5. The number of hydrogen-bond donors (Lipinski definition) is 2. The van der Waals surface area contributed by atoms with Crippen molar-refractivity contribution in [3.63, 3.8) is 0 Å². The Hall–Kier alpha value is -3.51. The molecular weight excluding hydrogens is 450 g/mol. The third kappa shape index (κ3) is 7.84. The molecule has 2 rings (SSSR count). The Balaban J connectivity index is 2.23. The van der Waals surface area contributed by atoms with E-state index in [1.54, 1.807) is 5.32 Å². The fraction of sp³-hybridized carbons (Fsp3) is 0.450. The number of carbonyl (C=O) groups is 3. The third-order valence-electron chi connectivity index (χ3n) is 4.47. The standard InChI is InChI=1S/C20H23F4N5O4/c1-33-16(30)11-25-19(32)17-15(5-3-2-4-10-21)29(28-27-17)14-8-6-13(7-9-14)18(31)26-12-20(22,23)24/h6-9H,2-5,10-12H2,1H3,(H,25,32)(H,26,31). The second-order valence-corrected chi connectivity index (χ2v) is 6.90. The molecule has 0 spiro atoms. The van der Waals surface area contributed by atoms with E-state index in [1.807, 2.05) is 0 Å². The number of unbranched alkanes of at least 4 members (excludes halogenated alkanes) is 2. The summed E-state index contributed by atoms with van der Waals surface area (Å²) in [5.41, 5.74) is 0.766. The average molecular weight is 473 g/mol. The van der Waals surface area contributed by atoms with E-state index in [-0.39, 0.29) is 17.8 Å². The molecule has 13 heteroatoms. The average Bonchev–Trinajstić information content (AvgIpc) is 3.22. The molecule has 33 heavy (non-hydrogen) atoms. The highest BCUT2D eigenvalue weighted by Crippen LogP contribution is 2.18. The molecule has 180 valence electrons. The maximum atomic E-state index is 12.5. The second kappa shape index (κ2) is 11.9. The van der Waals surface area contributed by atoms with Crippen LogP contribution in [0.3, 0.4) is 0 Å². The Kier molecular flexibility index (Phi) is 9.30. The molecule has 2 aromatic rings. The van der Waals surface area contributed by atoms with E-state index in [0.717, 1.165) is 0 Å². The summed E-state index contributed by atoms with van der Waals surface area (Å²) in [6.45, 7) is -2.29. The Labute approximate surface area is 186 Å². The molecule has 0 saturated heterocycles. The van der Waals surface area contributed by atoms with Crippen LogP contribution in [0, 0.1) is 0 Å². The highest BCUT2D eigenvalue weighted by atomic mass is 19.4.